The average molecular weight is 473 g/mol. The normalized spacial score (nSPS) is 11.4. The van der Waals surface area contributed by atoms with E-state index in [-0.39, 0.29) is 17.3 Å². The first kappa shape index (κ1) is 23.5. The summed E-state index contributed by atoms with van der Waals surface area (Å²) < 4.78 is 26.2. The molecule has 2 aromatic carbocycles. The molecule has 8 nitrogen and oxygen atoms in total. The molecular formula is C22H21ClN4O4S. The number of amides is 1. The molecule has 0 fully saturated rings. The molecule has 0 bridgehead atoms. The van der Waals surface area contributed by atoms with Gasteiger partial charge in [0.2, 0.25) is 21.7 Å². The number of aromatic nitrogens is 2. The summed E-state index contributed by atoms with van der Waals surface area (Å²) in [6, 6.07) is 14.5. The first-order valence-corrected chi connectivity index (χ1v) is 11.4. The maximum absolute atomic E-state index is 13.2. The van der Waals surface area contributed by atoms with Gasteiger partial charge in [0.05, 0.1) is 17.9 Å². The predicted octanol–water partition coefficient (Wildman–Crippen LogP) is 3.19. The van der Waals surface area contributed by atoms with Gasteiger partial charge in [-0.3, -0.25) is 9.59 Å². The van der Waals surface area contributed by atoms with E-state index < -0.39 is 28.1 Å². The van der Waals surface area contributed by atoms with Crippen LogP contribution in [0.15, 0.2) is 71.9 Å². The van der Waals surface area contributed by atoms with Crippen molar-refractivity contribution in [2.24, 2.45) is 0 Å². The third-order valence-corrected chi connectivity index (χ3v) is 6.65. The number of sulfonamides is 1. The summed E-state index contributed by atoms with van der Waals surface area (Å²) in [4.78, 5) is 34.8. The molecule has 3 aromatic rings. The lowest BCUT2D eigenvalue weighted by Gasteiger charge is -2.24. The first-order valence-electron chi connectivity index (χ1n) is 9.56. The Labute approximate surface area is 191 Å². The number of Topliss-reactive ketones (excluding diaryl/α,β-unsaturated/α-hetero) is 1. The van der Waals surface area contributed by atoms with Crippen LogP contribution in [0.25, 0.3) is 0 Å². The minimum atomic E-state index is -3.71. The van der Waals surface area contributed by atoms with E-state index in [1.165, 1.54) is 43.5 Å². The molecule has 0 spiro atoms. The quantitative estimate of drug-likeness (QED) is 0.368. The molecule has 166 valence electrons. The minimum absolute atomic E-state index is 0.0339. The van der Waals surface area contributed by atoms with Gasteiger partial charge in [-0.25, -0.2) is 22.7 Å². The van der Waals surface area contributed by atoms with Crippen LogP contribution in [0.4, 0.5) is 5.69 Å². The number of carbonyl (C=O) groups is 2. The van der Waals surface area contributed by atoms with Gasteiger partial charge in [-0.15, -0.1) is 0 Å². The molecule has 0 aliphatic heterocycles. The van der Waals surface area contributed by atoms with Crippen molar-refractivity contribution in [2.75, 3.05) is 19.0 Å². The molecule has 1 aromatic heterocycles. The van der Waals surface area contributed by atoms with Gasteiger partial charge in [0, 0.05) is 37.2 Å². The Morgan fingerprint density at radius 1 is 0.969 bits per heavy atom. The summed E-state index contributed by atoms with van der Waals surface area (Å²) in [6.07, 6.45) is 2.37. The zero-order valence-electron chi connectivity index (χ0n) is 17.5. The Balaban J connectivity index is 1.96. The molecule has 0 radical (unpaired) electrons. The van der Waals surface area contributed by atoms with Gasteiger partial charge in [0.15, 0.2) is 5.82 Å². The van der Waals surface area contributed by atoms with E-state index in [0.717, 1.165) is 9.87 Å². The molecule has 10 heteroatoms. The van der Waals surface area contributed by atoms with Gasteiger partial charge < -0.3 is 4.90 Å². The fourth-order valence-corrected chi connectivity index (χ4v) is 3.94. The van der Waals surface area contributed by atoms with E-state index in [1.54, 1.807) is 42.5 Å². The zero-order valence-corrected chi connectivity index (χ0v) is 19.0. The highest BCUT2D eigenvalue weighted by Gasteiger charge is 2.24. The van der Waals surface area contributed by atoms with Gasteiger partial charge >= 0.3 is 0 Å². The summed E-state index contributed by atoms with van der Waals surface area (Å²) >= 11 is 5.95. The van der Waals surface area contributed by atoms with E-state index in [2.05, 4.69) is 9.97 Å². The molecule has 0 aliphatic carbocycles. The van der Waals surface area contributed by atoms with Crippen molar-refractivity contribution in [1.82, 2.24) is 14.3 Å². The smallest absolute Gasteiger partial charge is 0.242 e. The van der Waals surface area contributed by atoms with E-state index in [0.29, 0.717) is 10.7 Å². The Morgan fingerprint density at radius 2 is 1.62 bits per heavy atom. The van der Waals surface area contributed by atoms with Crippen molar-refractivity contribution in [1.29, 1.82) is 0 Å². The van der Waals surface area contributed by atoms with Gasteiger partial charge in [-0.1, -0.05) is 29.8 Å². The summed E-state index contributed by atoms with van der Waals surface area (Å²) in [5.41, 5.74) is 1.10. The highest BCUT2D eigenvalue weighted by atomic mass is 35.5. The minimum Gasteiger partial charge on any atom is -0.308 e. The van der Waals surface area contributed by atoms with Crippen molar-refractivity contribution in [3.8, 4) is 0 Å². The van der Waals surface area contributed by atoms with Crippen molar-refractivity contribution in [3.05, 3.63) is 83.4 Å². The third kappa shape index (κ3) is 5.56. The standard InChI is InChI=1S/C22H21ClN4O4S/c1-26(2)32(30,31)19-6-3-5-18(13-19)27(15-16-7-9-17(23)10-8-16)21(29)14-20(28)22-24-11-4-12-25-22/h3-13H,14-15H2,1-2H3. The number of halogens is 1. The summed E-state index contributed by atoms with van der Waals surface area (Å²) in [7, 11) is -0.857. The lowest BCUT2D eigenvalue weighted by molar-refractivity contribution is -0.117. The van der Waals surface area contributed by atoms with E-state index in [4.69, 9.17) is 11.6 Å². The van der Waals surface area contributed by atoms with Crippen LogP contribution in [0.1, 0.15) is 22.6 Å². The van der Waals surface area contributed by atoms with Crippen LogP contribution in [0, 0.1) is 0 Å². The molecule has 0 aliphatic rings. The topological polar surface area (TPSA) is 101 Å². The lowest BCUT2D eigenvalue weighted by Crippen LogP contribution is -2.32. The fraction of sp³-hybridized carbons (Fsp3) is 0.182. The van der Waals surface area contributed by atoms with E-state index in [9.17, 15) is 18.0 Å². The number of hydrogen-bond donors (Lipinski definition) is 0. The maximum Gasteiger partial charge on any atom is 0.242 e. The van der Waals surface area contributed by atoms with Gasteiger partial charge in [0.25, 0.3) is 0 Å². The predicted molar refractivity (Wildman–Crippen MR) is 121 cm³/mol. The van der Waals surface area contributed by atoms with Gasteiger partial charge in [-0.2, -0.15) is 0 Å². The Morgan fingerprint density at radius 3 is 2.25 bits per heavy atom. The van der Waals surface area contributed by atoms with Crippen LogP contribution < -0.4 is 4.90 Å². The van der Waals surface area contributed by atoms with Crippen molar-refractivity contribution in [2.45, 2.75) is 17.9 Å². The average Bonchev–Trinajstić information content (AvgIpc) is 2.79. The van der Waals surface area contributed by atoms with Crippen molar-refractivity contribution >= 4 is 39.0 Å². The first-order chi connectivity index (χ1) is 15.2. The molecule has 32 heavy (non-hydrogen) atoms. The Kier molecular flexibility index (Phi) is 7.34. The number of benzene rings is 2. The molecule has 0 unspecified atom stereocenters. The van der Waals surface area contributed by atoms with Crippen LogP contribution in [0.2, 0.25) is 5.02 Å². The Hall–Kier alpha value is -3.14. The fourth-order valence-electron chi connectivity index (χ4n) is 2.87. The second-order valence-corrected chi connectivity index (χ2v) is 9.65. The summed E-state index contributed by atoms with van der Waals surface area (Å²) in [6.45, 7) is 0.115. The molecule has 0 atom stereocenters. The van der Waals surface area contributed by atoms with Gasteiger partial charge in [-0.05, 0) is 42.0 Å². The van der Waals surface area contributed by atoms with Crippen LogP contribution in [-0.2, 0) is 21.4 Å². The van der Waals surface area contributed by atoms with E-state index in [1.807, 2.05) is 0 Å². The SMILES string of the molecule is CN(C)S(=O)(=O)c1cccc(N(Cc2ccc(Cl)cc2)C(=O)CC(=O)c2ncccn2)c1. The molecule has 1 heterocycles. The second-order valence-electron chi connectivity index (χ2n) is 7.06. The number of carbonyl (C=O) groups excluding carboxylic acids is 2. The number of nitrogens with zero attached hydrogens (tertiary/aromatic N) is 4. The number of ketones is 1. The van der Waals surface area contributed by atoms with Crippen molar-refractivity contribution < 1.29 is 18.0 Å². The molecule has 1 amide bonds. The molecule has 0 saturated heterocycles. The molecule has 0 saturated carbocycles. The van der Waals surface area contributed by atoms with Crippen molar-refractivity contribution in [3.63, 3.8) is 0 Å². The lowest BCUT2D eigenvalue weighted by atomic mass is 10.1. The largest absolute Gasteiger partial charge is 0.308 e. The number of rotatable bonds is 8. The monoisotopic (exact) mass is 472 g/mol. The van der Waals surface area contributed by atoms with Crippen LogP contribution in [0.3, 0.4) is 0 Å². The third-order valence-electron chi connectivity index (χ3n) is 4.59. The Bertz CT molecular complexity index is 1220. The van der Waals surface area contributed by atoms with Gasteiger partial charge in [0.1, 0.15) is 0 Å². The van der Waals surface area contributed by atoms with Crippen LogP contribution in [-0.4, -0.2) is 48.5 Å². The summed E-state index contributed by atoms with van der Waals surface area (Å²) in [5.74, 6) is -1.11. The zero-order chi connectivity index (χ0) is 23.3. The molecule has 3 rings (SSSR count). The second kappa shape index (κ2) is 9.99. The maximum atomic E-state index is 13.2. The number of anilines is 1. The van der Waals surface area contributed by atoms with E-state index >= 15 is 0 Å². The highest BCUT2D eigenvalue weighted by Crippen LogP contribution is 2.24. The van der Waals surface area contributed by atoms with Crippen LogP contribution in [0.5, 0.6) is 0 Å². The number of hydrogen-bond acceptors (Lipinski definition) is 6. The molecular weight excluding hydrogens is 452 g/mol. The summed E-state index contributed by atoms with van der Waals surface area (Å²) in [5, 5.41) is 0.544. The van der Waals surface area contributed by atoms with Crippen LogP contribution >= 0.6 is 11.6 Å². The molecule has 0 N–H and O–H groups in total. The highest BCUT2D eigenvalue weighted by molar-refractivity contribution is 7.89.